The fourth-order valence-electron chi connectivity index (χ4n) is 0.394. The van der Waals surface area contributed by atoms with Gasteiger partial charge in [-0.15, -0.1) is 6.58 Å². The molecular formula is C7H12S. The molecule has 0 rings (SSSR count). The first kappa shape index (κ1) is 7.83. The Morgan fingerprint density at radius 2 is 2.38 bits per heavy atom. The third kappa shape index (κ3) is 4.00. The molecule has 0 N–H and O–H groups in total. The molecule has 0 aromatic heterocycles. The second kappa shape index (κ2) is 4.98. The van der Waals surface area contributed by atoms with Crippen LogP contribution in [0.3, 0.4) is 0 Å². The zero-order chi connectivity index (χ0) is 6.41. The summed E-state index contributed by atoms with van der Waals surface area (Å²) in [6.45, 7) is 5.68. The van der Waals surface area contributed by atoms with Gasteiger partial charge in [-0.05, 0) is 25.2 Å². The molecule has 0 atom stereocenters. The number of hydrogen-bond donors (Lipinski definition) is 1. The molecule has 0 aromatic carbocycles. The molecule has 0 aliphatic carbocycles. The van der Waals surface area contributed by atoms with Crippen molar-refractivity contribution in [1.82, 2.24) is 0 Å². The maximum absolute atomic E-state index is 3.99. The summed E-state index contributed by atoms with van der Waals surface area (Å²) in [4.78, 5) is 0. The van der Waals surface area contributed by atoms with Crippen LogP contribution in [0.5, 0.6) is 0 Å². The van der Waals surface area contributed by atoms with Gasteiger partial charge >= 0.3 is 0 Å². The standard InChI is InChI=1S/C7H12S/c1-3-4-5-7(2)6-8/h3,6,8H,1,4-5H2,2H3/b7-6+. The van der Waals surface area contributed by atoms with Crippen molar-refractivity contribution in [2.75, 3.05) is 0 Å². The van der Waals surface area contributed by atoms with E-state index in [-0.39, 0.29) is 0 Å². The molecule has 46 valence electrons. The van der Waals surface area contributed by atoms with Crippen molar-refractivity contribution in [3.05, 3.63) is 23.6 Å². The van der Waals surface area contributed by atoms with E-state index in [0.29, 0.717) is 0 Å². The molecule has 0 aliphatic heterocycles. The maximum Gasteiger partial charge on any atom is -0.0280 e. The molecule has 0 spiro atoms. The third-order valence-electron chi connectivity index (χ3n) is 0.963. The monoisotopic (exact) mass is 128 g/mol. The molecule has 0 bridgehead atoms. The Morgan fingerprint density at radius 3 is 2.75 bits per heavy atom. The molecule has 0 amide bonds. The minimum absolute atomic E-state index is 1.06. The first-order chi connectivity index (χ1) is 3.81. The van der Waals surface area contributed by atoms with Gasteiger partial charge in [-0.1, -0.05) is 11.6 Å². The number of allylic oxidation sites excluding steroid dienone is 2. The normalized spacial score (nSPS) is 11.5. The van der Waals surface area contributed by atoms with Crippen LogP contribution < -0.4 is 0 Å². The lowest BCUT2D eigenvalue weighted by Gasteiger charge is -1.91. The topological polar surface area (TPSA) is 0 Å². The average Bonchev–Trinajstić information content (AvgIpc) is 1.83. The first-order valence-corrected chi connectivity index (χ1v) is 3.23. The second-order valence-electron chi connectivity index (χ2n) is 1.80. The van der Waals surface area contributed by atoms with Crippen LogP contribution in [0.2, 0.25) is 0 Å². The van der Waals surface area contributed by atoms with Crippen molar-refractivity contribution in [3.8, 4) is 0 Å². The van der Waals surface area contributed by atoms with Gasteiger partial charge in [0.15, 0.2) is 0 Å². The molecule has 0 saturated heterocycles. The Bertz CT molecular complexity index is 92.6. The molecule has 0 heterocycles. The van der Waals surface area contributed by atoms with Gasteiger partial charge in [0.25, 0.3) is 0 Å². The van der Waals surface area contributed by atoms with E-state index in [0.717, 1.165) is 12.8 Å². The summed E-state index contributed by atoms with van der Waals surface area (Å²) in [6.07, 6.45) is 4.07. The van der Waals surface area contributed by atoms with Crippen LogP contribution >= 0.6 is 12.6 Å². The highest BCUT2D eigenvalue weighted by Crippen LogP contribution is 2.03. The predicted molar refractivity (Wildman–Crippen MR) is 42.2 cm³/mol. The number of thiol groups is 1. The third-order valence-corrected chi connectivity index (χ3v) is 1.40. The number of rotatable bonds is 3. The molecule has 0 radical (unpaired) electrons. The van der Waals surface area contributed by atoms with Gasteiger partial charge in [-0.3, -0.25) is 0 Å². The summed E-state index contributed by atoms with van der Waals surface area (Å²) in [5.41, 5.74) is 1.31. The Morgan fingerprint density at radius 1 is 1.75 bits per heavy atom. The minimum Gasteiger partial charge on any atom is -0.151 e. The highest BCUT2D eigenvalue weighted by molar-refractivity contribution is 7.83. The van der Waals surface area contributed by atoms with Gasteiger partial charge in [-0.2, -0.15) is 12.6 Å². The molecule has 0 nitrogen and oxygen atoms in total. The lowest BCUT2D eigenvalue weighted by Crippen LogP contribution is -1.70. The Kier molecular flexibility index (Phi) is 4.87. The van der Waals surface area contributed by atoms with E-state index in [9.17, 15) is 0 Å². The summed E-state index contributed by atoms with van der Waals surface area (Å²) < 4.78 is 0. The van der Waals surface area contributed by atoms with Crippen LogP contribution in [0.15, 0.2) is 23.6 Å². The van der Waals surface area contributed by atoms with Crippen molar-refractivity contribution in [2.45, 2.75) is 19.8 Å². The van der Waals surface area contributed by atoms with Crippen molar-refractivity contribution in [1.29, 1.82) is 0 Å². The van der Waals surface area contributed by atoms with Crippen LogP contribution in [0.1, 0.15) is 19.8 Å². The molecule has 0 aliphatic rings. The fraction of sp³-hybridized carbons (Fsp3) is 0.429. The maximum atomic E-state index is 3.99. The molecule has 8 heavy (non-hydrogen) atoms. The SMILES string of the molecule is C=CCC/C(C)=C/S. The zero-order valence-electron chi connectivity index (χ0n) is 5.22. The molecule has 0 unspecified atom stereocenters. The Hall–Kier alpha value is -0.170. The van der Waals surface area contributed by atoms with Crippen LogP contribution in [0.25, 0.3) is 0 Å². The first-order valence-electron chi connectivity index (χ1n) is 2.72. The van der Waals surface area contributed by atoms with Gasteiger partial charge in [0, 0.05) is 0 Å². The largest absolute Gasteiger partial charge is 0.151 e. The Labute approximate surface area is 56.7 Å². The number of hydrogen-bond acceptors (Lipinski definition) is 1. The minimum atomic E-state index is 1.06. The summed E-state index contributed by atoms with van der Waals surface area (Å²) >= 11 is 3.99. The smallest absolute Gasteiger partial charge is 0.0280 e. The summed E-state index contributed by atoms with van der Waals surface area (Å²) in [6, 6.07) is 0. The van der Waals surface area contributed by atoms with E-state index in [1.165, 1.54) is 5.57 Å². The molecule has 0 saturated carbocycles. The van der Waals surface area contributed by atoms with E-state index in [1.807, 2.05) is 11.5 Å². The van der Waals surface area contributed by atoms with Gasteiger partial charge in [-0.25, -0.2) is 0 Å². The molecular weight excluding hydrogens is 116 g/mol. The van der Waals surface area contributed by atoms with E-state index in [1.54, 1.807) is 0 Å². The molecule has 0 aromatic rings. The van der Waals surface area contributed by atoms with Crippen LogP contribution in [0, 0.1) is 0 Å². The summed E-state index contributed by atoms with van der Waals surface area (Å²) in [5, 5.41) is 1.84. The van der Waals surface area contributed by atoms with Crippen molar-refractivity contribution in [3.63, 3.8) is 0 Å². The van der Waals surface area contributed by atoms with Crippen molar-refractivity contribution < 1.29 is 0 Å². The van der Waals surface area contributed by atoms with Crippen LogP contribution in [-0.2, 0) is 0 Å². The van der Waals surface area contributed by atoms with E-state index in [4.69, 9.17) is 0 Å². The zero-order valence-corrected chi connectivity index (χ0v) is 6.12. The predicted octanol–water partition coefficient (Wildman–Crippen LogP) is 2.79. The van der Waals surface area contributed by atoms with E-state index in [2.05, 4.69) is 26.1 Å². The second-order valence-corrected chi connectivity index (χ2v) is 2.06. The van der Waals surface area contributed by atoms with Gasteiger partial charge < -0.3 is 0 Å². The quantitative estimate of drug-likeness (QED) is 0.438. The van der Waals surface area contributed by atoms with Crippen LogP contribution in [-0.4, -0.2) is 0 Å². The van der Waals surface area contributed by atoms with E-state index < -0.39 is 0 Å². The highest BCUT2D eigenvalue weighted by Gasteiger charge is 1.82. The molecule has 0 fully saturated rings. The lowest BCUT2D eigenvalue weighted by atomic mass is 10.2. The van der Waals surface area contributed by atoms with Crippen LogP contribution in [0.4, 0.5) is 0 Å². The Balaban J connectivity index is 3.24. The summed E-state index contributed by atoms with van der Waals surface area (Å²) in [7, 11) is 0. The van der Waals surface area contributed by atoms with Gasteiger partial charge in [0.05, 0.1) is 0 Å². The van der Waals surface area contributed by atoms with Crippen molar-refractivity contribution >= 4 is 12.6 Å². The average molecular weight is 128 g/mol. The lowest BCUT2D eigenvalue weighted by molar-refractivity contribution is 0.985. The highest BCUT2D eigenvalue weighted by atomic mass is 32.1. The summed E-state index contributed by atoms with van der Waals surface area (Å²) in [5.74, 6) is 0. The van der Waals surface area contributed by atoms with Crippen molar-refractivity contribution in [2.24, 2.45) is 0 Å². The van der Waals surface area contributed by atoms with Gasteiger partial charge in [0.2, 0.25) is 0 Å². The van der Waals surface area contributed by atoms with E-state index >= 15 is 0 Å². The van der Waals surface area contributed by atoms with Gasteiger partial charge in [0.1, 0.15) is 0 Å². The fourth-order valence-corrected chi connectivity index (χ4v) is 0.523. The molecule has 1 heteroatoms.